The molecule has 0 unspecified atom stereocenters. The molecule has 1 fully saturated rings. The largest absolute Gasteiger partial charge is 0.352 e. The molecule has 1 aliphatic heterocycles. The van der Waals surface area contributed by atoms with Gasteiger partial charge in [0.25, 0.3) is 11.8 Å². The summed E-state index contributed by atoms with van der Waals surface area (Å²) in [6, 6.07) is 5.62. The molecule has 0 aromatic carbocycles. The summed E-state index contributed by atoms with van der Waals surface area (Å²) in [7, 11) is 1.78. The highest BCUT2D eigenvalue weighted by Crippen LogP contribution is 2.19. The van der Waals surface area contributed by atoms with Crippen molar-refractivity contribution in [1.82, 2.24) is 34.8 Å². The first-order valence-corrected chi connectivity index (χ1v) is 10.5. The van der Waals surface area contributed by atoms with Gasteiger partial charge in [-0.15, -0.1) is 0 Å². The maximum Gasteiger partial charge on any atom is 0.255 e. The highest BCUT2D eigenvalue weighted by Gasteiger charge is 2.24. The monoisotopic (exact) mass is 421 g/mol. The molecule has 4 rings (SSSR count). The minimum absolute atomic E-state index is 0.00902. The Balaban J connectivity index is 1.29. The molecule has 0 spiro atoms. The van der Waals surface area contributed by atoms with Crippen molar-refractivity contribution in [2.75, 3.05) is 19.6 Å². The summed E-state index contributed by atoms with van der Waals surface area (Å²) >= 11 is 0. The van der Waals surface area contributed by atoms with Gasteiger partial charge in [0.05, 0.1) is 23.0 Å². The first kappa shape index (κ1) is 20.8. The predicted octanol–water partition coefficient (Wildman–Crippen LogP) is 1.90. The fourth-order valence-electron chi connectivity index (χ4n) is 3.90. The summed E-state index contributed by atoms with van der Waals surface area (Å²) in [5, 5.41) is 11.4. The molecule has 3 aromatic heterocycles. The molecule has 9 heteroatoms. The van der Waals surface area contributed by atoms with E-state index < -0.39 is 0 Å². The van der Waals surface area contributed by atoms with Crippen molar-refractivity contribution < 1.29 is 9.59 Å². The number of likely N-dealkylation sites (tertiary alicyclic amines) is 1. The second-order valence-corrected chi connectivity index (χ2v) is 8.09. The smallest absolute Gasteiger partial charge is 0.255 e. The molecule has 0 aliphatic carbocycles. The van der Waals surface area contributed by atoms with Crippen LogP contribution in [0.3, 0.4) is 0 Å². The third kappa shape index (κ3) is 4.65. The number of carbonyl (C=O) groups is 2. The van der Waals surface area contributed by atoms with Gasteiger partial charge in [-0.05, 0) is 50.8 Å². The van der Waals surface area contributed by atoms with Crippen LogP contribution in [0, 0.1) is 19.8 Å². The third-order valence-electron chi connectivity index (χ3n) is 5.64. The van der Waals surface area contributed by atoms with Crippen molar-refractivity contribution >= 4 is 11.8 Å². The second-order valence-electron chi connectivity index (χ2n) is 8.09. The molecular weight excluding hydrogens is 394 g/mol. The van der Waals surface area contributed by atoms with Crippen molar-refractivity contribution in [2.45, 2.75) is 26.7 Å². The van der Waals surface area contributed by atoms with Crippen LogP contribution in [0.1, 0.15) is 44.9 Å². The SMILES string of the molecule is Cc1cc(C)n(-c2ccc(C(=O)N3CCC(CNC(=O)c4cnn(C)c4)CC3)cn2)n1. The molecule has 1 aliphatic rings. The number of nitrogens with zero attached hydrogens (tertiary/aromatic N) is 6. The summed E-state index contributed by atoms with van der Waals surface area (Å²) in [5.41, 5.74) is 3.07. The predicted molar refractivity (Wildman–Crippen MR) is 115 cm³/mol. The Morgan fingerprint density at radius 3 is 2.48 bits per heavy atom. The molecule has 2 amide bonds. The number of pyridine rings is 1. The van der Waals surface area contributed by atoms with Crippen LogP contribution in [0.5, 0.6) is 0 Å². The quantitative estimate of drug-likeness (QED) is 0.679. The highest BCUT2D eigenvalue weighted by atomic mass is 16.2. The lowest BCUT2D eigenvalue weighted by molar-refractivity contribution is 0.0684. The summed E-state index contributed by atoms with van der Waals surface area (Å²) in [6.45, 7) is 5.87. The fraction of sp³-hybridized carbons (Fsp3) is 0.409. The van der Waals surface area contributed by atoms with Crippen molar-refractivity contribution in [2.24, 2.45) is 13.0 Å². The lowest BCUT2D eigenvalue weighted by Crippen LogP contribution is -2.41. The number of carbonyl (C=O) groups excluding carboxylic acids is 2. The maximum absolute atomic E-state index is 12.9. The maximum atomic E-state index is 12.9. The van der Waals surface area contributed by atoms with E-state index in [1.807, 2.05) is 30.9 Å². The van der Waals surface area contributed by atoms with Crippen LogP contribution >= 0.6 is 0 Å². The van der Waals surface area contributed by atoms with Gasteiger partial charge in [-0.1, -0.05) is 0 Å². The minimum atomic E-state index is -0.111. The molecule has 4 heterocycles. The van der Waals surface area contributed by atoms with E-state index >= 15 is 0 Å². The Hall–Kier alpha value is -3.49. The van der Waals surface area contributed by atoms with Gasteiger partial charge in [-0.2, -0.15) is 10.2 Å². The lowest BCUT2D eigenvalue weighted by atomic mass is 9.96. The summed E-state index contributed by atoms with van der Waals surface area (Å²) in [5.74, 6) is 0.937. The molecule has 0 atom stereocenters. The Kier molecular flexibility index (Phi) is 5.83. The fourth-order valence-corrected chi connectivity index (χ4v) is 3.90. The zero-order chi connectivity index (χ0) is 22.0. The summed E-state index contributed by atoms with van der Waals surface area (Å²) < 4.78 is 3.38. The lowest BCUT2D eigenvalue weighted by Gasteiger charge is -2.32. The summed E-state index contributed by atoms with van der Waals surface area (Å²) in [6.07, 6.45) is 6.59. The van der Waals surface area contributed by atoms with E-state index in [2.05, 4.69) is 20.5 Å². The molecule has 1 saturated heterocycles. The Morgan fingerprint density at radius 1 is 1.13 bits per heavy atom. The minimum Gasteiger partial charge on any atom is -0.352 e. The molecule has 31 heavy (non-hydrogen) atoms. The molecule has 1 N–H and O–H groups in total. The van der Waals surface area contributed by atoms with E-state index in [0.29, 0.717) is 42.5 Å². The average molecular weight is 422 g/mol. The third-order valence-corrected chi connectivity index (χ3v) is 5.64. The van der Waals surface area contributed by atoms with E-state index in [-0.39, 0.29) is 11.8 Å². The van der Waals surface area contributed by atoms with Gasteiger partial charge in [-0.3, -0.25) is 14.3 Å². The van der Waals surface area contributed by atoms with Crippen LogP contribution in [0.15, 0.2) is 36.8 Å². The van der Waals surface area contributed by atoms with E-state index in [0.717, 1.165) is 24.2 Å². The topological polar surface area (TPSA) is 97.9 Å². The zero-order valence-corrected chi connectivity index (χ0v) is 18.1. The number of aromatic nitrogens is 5. The van der Waals surface area contributed by atoms with E-state index in [1.54, 1.807) is 41.1 Å². The van der Waals surface area contributed by atoms with Crippen molar-refractivity contribution in [3.05, 3.63) is 59.3 Å². The summed E-state index contributed by atoms with van der Waals surface area (Å²) in [4.78, 5) is 31.3. The van der Waals surface area contributed by atoms with Crippen LogP contribution < -0.4 is 5.32 Å². The molecule has 0 radical (unpaired) electrons. The van der Waals surface area contributed by atoms with Gasteiger partial charge >= 0.3 is 0 Å². The Morgan fingerprint density at radius 2 is 1.90 bits per heavy atom. The molecule has 9 nitrogen and oxygen atoms in total. The van der Waals surface area contributed by atoms with Gasteiger partial charge in [-0.25, -0.2) is 9.67 Å². The van der Waals surface area contributed by atoms with Crippen LogP contribution in [0.4, 0.5) is 0 Å². The van der Waals surface area contributed by atoms with Crippen LogP contribution in [-0.4, -0.2) is 60.9 Å². The molecular formula is C22H27N7O2. The number of amides is 2. The van der Waals surface area contributed by atoms with Crippen molar-refractivity contribution in [3.8, 4) is 5.82 Å². The molecule has 0 saturated carbocycles. The first-order valence-electron chi connectivity index (χ1n) is 10.5. The molecule has 3 aromatic rings. The standard InChI is InChI=1S/C22H27N7O2/c1-15-10-16(2)29(26-15)20-5-4-18(12-23-20)22(31)28-8-6-17(7-9-28)11-24-21(30)19-13-25-27(3)14-19/h4-5,10,12-14,17H,6-9,11H2,1-3H3,(H,24,30). The molecule has 0 bridgehead atoms. The number of hydrogen-bond acceptors (Lipinski definition) is 5. The second kappa shape index (κ2) is 8.71. The number of nitrogens with one attached hydrogen (secondary N) is 1. The Bertz CT molecular complexity index is 1080. The van der Waals surface area contributed by atoms with Crippen LogP contribution in [0.25, 0.3) is 5.82 Å². The number of aryl methyl sites for hydroxylation is 3. The number of hydrogen-bond donors (Lipinski definition) is 1. The van der Waals surface area contributed by atoms with E-state index in [4.69, 9.17) is 0 Å². The number of rotatable bonds is 5. The zero-order valence-electron chi connectivity index (χ0n) is 18.1. The Labute approximate surface area is 181 Å². The van der Waals surface area contributed by atoms with Gasteiger partial charge in [0.2, 0.25) is 0 Å². The molecule has 162 valence electrons. The van der Waals surface area contributed by atoms with E-state index in [1.165, 1.54) is 0 Å². The first-order chi connectivity index (χ1) is 14.9. The van der Waals surface area contributed by atoms with Gasteiger partial charge in [0.15, 0.2) is 5.82 Å². The van der Waals surface area contributed by atoms with Gasteiger partial charge in [0, 0.05) is 44.8 Å². The number of piperidine rings is 1. The van der Waals surface area contributed by atoms with Gasteiger partial charge < -0.3 is 10.2 Å². The van der Waals surface area contributed by atoms with Gasteiger partial charge in [0.1, 0.15) is 0 Å². The van der Waals surface area contributed by atoms with Crippen molar-refractivity contribution in [1.29, 1.82) is 0 Å². The highest BCUT2D eigenvalue weighted by molar-refractivity contribution is 5.94. The average Bonchev–Trinajstić information content (AvgIpc) is 3.36. The van der Waals surface area contributed by atoms with Crippen molar-refractivity contribution in [3.63, 3.8) is 0 Å². The van der Waals surface area contributed by atoms with Crippen LogP contribution in [0.2, 0.25) is 0 Å². The van der Waals surface area contributed by atoms with E-state index in [9.17, 15) is 9.59 Å². The van der Waals surface area contributed by atoms with Crippen LogP contribution in [-0.2, 0) is 7.05 Å². The normalized spacial score (nSPS) is 14.6.